The molecule has 0 saturated heterocycles. The van der Waals surface area contributed by atoms with Crippen LogP contribution in [0.15, 0.2) is 82.1 Å². The molecule has 0 spiro atoms. The van der Waals surface area contributed by atoms with Gasteiger partial charge in [-0.1, -0.05) is 36.4 Å². The summed E-state index contributed by atoms with van der Waals surface area (Å²) in [6.07, 6.45) is -0.315. The number of nitrogens with zero attached hydrogens (tertiary/aromatic N) is 3. The first-order valence-electron chi connectivity index (χ1n) is 16.3. The van der Waals surface area contributed by atoms with E-state index in [0.717, 1.165) is 37.8 Å². The van der Waals surface area contributed by atoms with Crippen molar-refractivity contribution >= 4 is 62.3 Å². The first kappa shape index (κ1) is 36.5. The molecule has 1 aliphatic carbocycles. The van der Waals surface area contributed by atoms with Gasteiger partial charge < -0.3 is 24.3 Å². The second-order valence-corrected chi connectivity index (χ2v) is 14.5. The van der Waals surface area contributed by atoms with E-state index in [1.54, 1.807) is 54.7 Å². The van der Waals surface area contributed by atoms with Gasteiger partial charge in [0.15, 0.2) is 21.3 Å². The molecular formula is C35H33F3IN7O6. The second-order valence-electron chi connectivity index (χ2n) is 12.6. The van der Waals surface area contributed by atoms with Gasteiger partial charge in [0.25, 0.3) is 11.8 Å². The fourth-order valence-corrected chi connectivity index (χ4v) is 8.15. The number of carbonyl (C=O) groups is 5. The van der Waals surface area contributed by atoms with Gasteiger partial charge in [-0.2, -0.15) is 13.2 Å². The predicted octanol–water partition coefficient (Wildman–Crippen LogP) is 6.01. The first-order valence-corrected chi connectivity index (χ1v) is 18.2. The van der Waals surface area contributed by atoms with Crippen LogP contribution in [0, 0.1) is 5.92 Å². The Labute approximate surface area is 306 Å². The van der Waals surface area contributed by atoms with E-state index >= 15 is 0 Å². The van der Waals surface area contributed by atoms with Gasteiger partial charge in [0.2, 0.25) is 17.7 Å². The van der Waals surface area contributed by atoms with Crippen LogP contribution in [0.3, 0.4) is 0 Å². The molecule has 0 bridgehead atoms. The first-order chi connectivity index (χ1) is 24.8. The van der Waals surface area contributed by atoms with Crippen molar-refractivity contribution in [1.82, 2.24) is 13.3 Å². The molecule has 2 heterocycles. The van der Waals surface area contributed by atoms with Crippen molar-refractivity contribution < 1.29 is 42.0 Å². The van der Waals surface area contributed by atoms with E-state index in [-0.39, 0.29) is 53.9 Å². The van der Waals surface area contributed by atoms with E-state index in [4.69, 9.17) is 10.6 Å². The van der Waals surface area contributed by atoms with Crippen molar-refractivity contribution in [3.63, 3.8) is 0 Å². The Hall–Kier alpha value is -5.33. The number of alkyl halides is 3. The fourth-order valence-electron chi connectivity index (χ4n) is 6.36. The molecule has 5 N–H and O–H groups in total. The third kappa shape index (κ3) is 8.93. The highest BCUT2D eigenvalue weighted by atomic mass is 127. The molecule has 1 saturated carbocycles. The number of carbonyl (C=O) groups excluding carboxylic acids is 5. The molecule has 52 heavy (non-hydrogen) atoms. The van der Waals surface area contributed by atoms with Crippen LogP contribution in [0.25, 0.3) is 0 Å². The Morgan fingerprint density at radius 1 is 0.846 bits per heavy atom. The average Bonchev–Trinajstić information content (AvgIpc) is 3.32. The SMILES string of the molecule is NC(=O)Cc1cccc(CC(=O)Nc2cc(NC(=O)NC3=CN(C4CCC(CN5C(=O)c6ccccc6C5=O)CC4)I=NO3)cc(C(F)(F)F)c2)c1. The molecule has 13 nitrogen and oxygen atoms in total. The van der Waals surface area contributed by atoms with Crippen LogP contribution in [-0.4, -0.2) is 50.3 Å². The van der Waals surface area contributed by atoms with Crippen LogP contribution in [0.5, 0.6) is 0 Å². The molecule has 3 aliphatic rings. The van der Waals surface area contributed by atoms with Crippen molar-refractivity contribution in [3.05, 3.63) is 107 Å². The monoisotopic (exact) mass is 831 g/mol. The van der Waals surface area contributed by atoms with Crippen molar-refractivity contribution in [2.75, 3.05) is 17.2 Å². The van der Waals surface area contributed by atoms with E-state index < -0.39 is 50.9 Å². The van der Waals surface area contributed by atoms with Gasteiger partial charge in [0.1, 0.15) is 0 Å². The molecule has 6 amide bonds. The zero-order chi connectivity index (χ0) is 37.0. The Kier molecular flexibility index (Phi) is 10.9. The van der Waals surface area contributed by atoms with E-state index in [1.165, 1.54) is 11.0 Å². The fraction of sp³-hybridized carbons (Fsp3) is 0.286. The maximum absolute atomic E-state index is 13.8. The molecule has 2 aliphatic heterocycles. The number of fused-ring (bicyclic) bond motifs is 1. The Morgan fingerprint density at radius 2 is 1.48 bits per heavy atom. The summed E-state index contributed by atoms with van der Waals surface area (Å²) in [4.78, 5) is 69.1. The minimum absolute atomic E-state index is 0.0179. The van der Waals surface area contributed by atoms with Crippen molar-refractivity contribution in [1.29, 1.82) is 0 Å². The van der Waals surface area contributed by atoms with Crippen LogP contribution < -0.4 is 21.7 Å². The zero-order valence-electron chi connectivity index (χ0n) is 27.4. The number of nitrogens with one attached hydrogen (secondary N) is 3. The lowest BCUT2D eigenvalue weighted by Gasteiger charge is -2.35. The van der Waals surface area contributed by atoms with Crippen LogP contribution in [-0.2, 0) is 33.4 Å². The standard InChI is InChI=1S/C35H33F3IN7O6/c36-35(37,38)23-15-24(41-30(48)14-22-5-3-4-21(12-22)13-29(40)47)17-25(16-23)42-34(51)43-31-19-46(39-44-52-31)26-10-8-20(9-11-26)18-45-32(49)27-6-1-2-7-28(27)33(45)50/h1-7,12,15-17,19-20,26H,8-11,13-14,18H2,(H2,40,47)(H,41,48)(H2,42,43,51). The molecule has 3 aromatic carbocycles. The maximum Gasteiger partial charge on any atom is 0.416 e. The van der Waals surface area contributed by atoms with Crippen molar-refractivity contribution in [2.24, 2.45) is 15.0 Å². The number of halogens is 4. The third-order valence-electron chi connectivity index (χ3n) is 8.75. The Balaban J connectivity index is 1.04. The highest BCUT2D eigenvalue weighted by Gasteiger charge is 2.38. The van der Waals surface area contributed by atoms with Gasteiger partial charge in [-0.15, -0.1) is 0 Å². The highest BCUT2D eigenvalue weighted by molar-refractivity contribution is 14.1. The van der Waals surface area contributed by atoms with E-state index in [9.17, 15) is 37.1 Å². The van der Waals surface area contributed by atoms with Crippen LogP contribution in [0.2, 0.25) is 0 Å². The summed E-state index contributed by atoms with van der Waals surface area (Å²) in [7, 11) is 0. The average molecular weight is 832 g/mol. The Morgan fingerprint density at radius 3 is 2.12 bits per heavy atom. The third-order valence-corrected chi connectivity index (χ3v) is 10.7. The minimum Gasteiger partial charge on any atom is -0.369 e. The topological polar surface area (TPSA) is 176 Å². The summed E-state index contributed by atoms with van der Waals surface area (Å²) in [5.74, 6) is -1.59. The quantitative estimate of drug-likeness (QED) is 0.110. The lowest BCUT2D eigenvalue weighted by molar-refractivity contribution is -0.137. The number of imide groups is 1. The van der Waals surface area contributed by atoms with E-state index in [0.29, 0.717) is 28.8 Å². The number of primary amides is 1. The minimum atomic E-state index is -4.78. The van der Waals surface area contributed by atoms with Crippen molar-refractivity contribution in [2.45, 2.75) is 50.7 Å². The summed E-state index contributed by atoms with van der Waals surface area (Å²) in [5.41, 5.74) is 5.67. The molecule has 0 aromatic heterocycles. The summed E-state index contributed by atoms with van der Waals surface area (Å²) < 4.78 is 47.4. The Bertz CT molecular complexity index is 1940. The smallest absolute Gasteiger partial charge is 0.369 e. The number of anilines is 2. The predicted molar refractivity (Wildman–Crippen MR) is 190 cm³/mol. The molecule has 3 aromatic rings. The van der Waals surface area contributed by atoms with Crippen LogP contribution in [0.4, 0.5) is 29.3 Å². The number of hydrogen-bond acceptors (Lipinski definition) is 8. The summed E-state index contributed by atoms with van der Waals surface area (Å²) in [6, 6.07) is 15.2. The second kappa shape index (κ2) is 15.5. The normalized spacial score (nSPS) is 18.5. The van der Waals surface area contributed by atoms with Crippen LogP contribution >= 0.6 is 21.3 Å². The number of urea groups is 1. The zero-order valence-corrected chi connectivity index (χ0v) is 29.6. The lowest BCUT2D eigenvalue weighted by atomic mass is 9.85. The summed E-state index contributed by atoms with van der Waals surface area (Å²) in [6.45, 7) is 0.345. The van der Waals surface area contributed by atoms with Crippen molar-refractivity contribution in [3.8, 4) is 0 Å². The molecule has 17 heteroatoms. The van der Waals surface area contributed by atoms with Gasteiger partial charge in [-0.25, -0.2) is 4.79 Å². The van der Waals surface area contributed by atoms with Gasteiger partial charge in [0, 0.05) is 24.0 Å². The maximum atomic E-state index is 13.8. The van der Waals surface area contributed by atoms with Gasteiger partial charge in [0.05, 0.1) is 35.7 Å². The van der Waals surface area contributed by atoms with Gasteiger partial charge >= 0.3 is 12.2 Å². The lowest BCUT2D eigenvalue weighted by Crippen LogP contribution is -2.38. The molecular weight excluding hydrogens is 798 g/mol. The summed E-state index contributed by atoms with van der Waals surface area (Å²) in [5, 5.41) is 7.27. The van der Waals surface area contributed by atoms with Gasteiger partial charge in [-0.05, 0) is 76.4 Å². The number of hydrogen-bond donors (Lipinski definition) is 4. The largest absolute Gasteiger partial charge is 0.416 e. The molecule has 272 valence electrons. The van der Waals surface area contributed by atoms with Crippen LogP contribution in [0.1, 0.15) is 63.1 Å². The number of amides is 6. The number of rotatable bonds is 10. The molecule has 1 fully saturated rings. The van der Waals surface area contributed by atoms with E-state index in [2.05, 4.69) is 19.3 Å². The molecule has 0 atom stereocenters. The summed E-state index contributed by atoms with van der Waals surface area (Å²) >= 11 is -0.926. The number of nitrogens with two attached hydrogens (primary N) is 1. The molecule has 0 unspecified atom stereocenters. The molecule has 6 rings (SSSR count). The molecule has 0 radical (unpaired) electrons. The highest BCUT2D eigenvalue weighted by Crippen LogP contribution is 2.36. The number of benzene rings is 3. The van der Waals surface area contributed by atoms with E-state index in [1.807, 2.05) is 3.11 Å². The van der Waals surface area contributed by atoms with Gasteiger partial charge in [-0.3, -0.25) is 29.4 Å².